The van der Waals surface area contributed by atoms with Crippen molar-refractivity contribution in [1.82, 2.24) is 19.4 Å². The number of aryl methyl sites for hydroxylation is 2. The molecule has 3 heterocycles. The van der Waals surface area contributed by atoms with E-state index in [2.05, 4.69) is 10.4 Å². The Morgan fingerprint density at radius 1 is 1.42 bits per heavy atom. The van der Waals surface area contributed by atoms with Gasteiger partial charge in [0.2, 0.25) is 5.91 Å². The highest BCUT2D eigenvalue weighted by Crippen LogP contribution is 2.29. The first-order valence-corrected chi connectivity index (χ1v) is 7.62. The van der Waals surface area contributed by atoms with Gasteiger partial charge in [-0.2, -0.15) is 9.40 Å². The second kappa shape index (κ2) is 4.04. The molecule has 1 N–H and O–H groups in total. The number of amides is 1. The maximum absolute atomic E-state index is 12.5. The number of rotatable bonds is 2. The third-order valence-electron chi connectivity index (χ3n) is 3.76. The number of sulfonamides is 1. The first kappa shape index (κ1) is 12.6. The van der Waals surface area contributed by atoms with Gasteiger partial charge in [0, 0.05) is 38.5 Å². The highest BCUT2D eigenvalue weighted by Gasteiger charge is 2.45. The first-order chi connectivity index (χ1) is 8.88. The molecule has 0 saturated carbocycles. The van der Waals surface area contributed by atoms with Crippen LogP contribution in [0.5, 0.6) is 0 Å². The number of nitrogens with one attached hydrogen (secondary N) is 1. The van der Waals surface area contributed by atoms with Crippen LogP contribution in [0.4, 0.5) is 0 Å². The number of fused-ring (bicyclic) bond motifs is 1. The van der Waals surface area contributed by atoms with E-state index in [1.807, 2.05) is 0 Å². The zero-order valence-electron chi connectivity index (χ0n) is 10.8. The third-order valence-corrected chi connectivity index (χ3v) is 5.65. The molecule has 1 amide bonds. The quantitative estimate of drug-likeness (QED) is 0.773. The molecule has 0 radical (unpaired) electrons. The number of carbonyl (C=O) groups excluding carboxylic acids is 1. The Labute approximate surface area is 111 Å². The normalized spacial score (nSPS) is 27.6. The topological polar surface area (TPSA) is 84.3 Å². The summed E-state index contributed by atoms with van der Waals surface area (Å²) in [6.07, 6.45) is 0.418. The van der Waals surface area contributed by atoms with Crippen LogP contribution in [0.1, 0.15) is 12.1 Å². The molecule has 3 rings (SSSR count). The molecule has 2 fully saturated rings. The number of hydrogen-bond acceptors (Lipinski definition) is 4. The Bertz CT molecular complexity index is 620. The summed E-state index contributed by atoms with van der Waals surface area (Å²) in [5, 5.41) is 7.10. The second-order valence-corrected chi connectivity index (χ2v) is 7.09. The van der Waals surface area contributed by atoms with E-state index in [0.29, 0.717) is 25.2 Å². The summed E-state index contributed by atoms with van der Waals surface area (Å²) < 4.78 is 27.9. The summed E-state index contributed by atoms with van der Waals surface area (Å²) >= 11 is 0. The van der Waals surface area contributed by atoms with E-state index in [4.69, 9.17) is 0 Å². The fourth-order valence-corrected chi connectivity index (χ4v) is 4.57. The van der Waals surface area contributed by atoms with Crippen LogP contribution in [-0.4, -0.2) is 47.5 Å². The van der Waals surface area contributed by atoms with Gasteiger partial charge in [-0.1, -0.05) is 0 Å². The Balaban J connectivity index is 1.87. The zero-order chi connectivity index (χ0) is 13.8. The summed E-state index contributed by atoms with van der Waals surface area (Å²) in [5.41, 5.74) is 0.675. The lowest BCUT2D eigenvalue weighted by molar-refractivity contribution is -0.119. The molecule has 1 aromatic heterocycles. The molecule has 0 aromatic carbocycles. The van der Waals surface area contributed by atoms with Gasteiger partial charge < -0.3 is 5.32 Å². The van der Waals surface area contributed by atoms with Gasteiger partial charge in [-0.25, -0.2) is 8.42 Å². The minimum Gasteiger partial charge on any atom is -0.352 e. The molecule has 0 bridgehead atoms. The Morgan fingerprint density at radius 3 is 2.74 bits per heavy atom. The molecular weight excluding hydrogens is 268 g/mol. The number of carbonyl (C=O) groups is 1. The van der Waals surface area contributed by atoms with E-state index in [-0.39, 0.29) is 22.9 Å². The molecule has 1 aromatic rings. The lowest BCUT2D eigenvalue weighted by Gasteiger charge is -2.16. The van der Waals surface area contributed by atoms with Gasteiger partial charge in [0.1, 0.15) is 0 Å². The van der Waals surface area contributed by atoms with Gasteiger partial charge in [0.25, 0.3) is 10.0 Å². The Kier molecular flexibility index (Phi) is 2.68. The van der Waals surface area contributed by atoms with Crippen LogP contribution in [0.25, 0.3) is 0 Å². The number of aromatic nitrogens is 2. The van der Waals surface area contributed by atoms with Gasteiger partial charge in [0.15, 0.2) is 5.03 Å². The van der Waals surface area contributed by atoms with Gasteiger partial charge in [-0.05, 0) is 13.0 Å². The molecule has 7 nitrogen and oxygen atoms in total. The lowest BCUT2D eigenvalue weighted by atomic mass is 10.1. The minimum absolute atomic E-state index is 0.0171. The smallest absolute Gasteiger partial charge is 0.260 e. The van der Waals surface area contributed by atoms with E-state index in [1.165, 1.54) is 8.99 Å². The molecule has 2 saturated heterocycles. The van der Waals surface area contributed by atoms with Gasteiger partial charge in [-0.15, -0.1) is 0 Å². The molecule has 2 aliphatic rings. The third kappa shape index (κ3) is 1.95. The van der Waals surface area contributed by atoms with Crippen molar-refractivity contribution < 1.29 is 13.2 Å². The number of nitrogens with zero attached hydrogens (tertiary/aromatic N) is 3. The first-order valence-electron chi connectivity index (χ1n) is 6.18. The zero-order valence-corrected chi connectivity index (χ0v) is 11.6. The fourth-order valence-electron chi connectivity index (χ4n) is 2.86. The number of hydrogen-bond donors (Lipinski definition) is 1. The van der Waals surface area contributed by atoms with Crippen molar-refractivity contribution in [2.75, 3.05) is 13.1 Å². The van der Waals surface area contributed by atoms with Crippen molar-refractivity contribution in [3.63, 3.8) is 0 Å². The largest absolute Gasteiger partial charge is 0.352 e. The monoisotopic (exact) mass is 284 g/mol. The summed E-state index contributed by atoms with van der Waals surface area (Å²) in [5.74, 6) is 0.111. The molecule has 0 aliphatic carbocycles. The second-order valence-electron chi connectivity index (χ2n) is 5.21. The maximum atomic E-state index is 12.5. The van der Waals surface area contributed by atoms with E-state index < -0.39 is 10.0 Å². The molecule has 2 atom stereocenters. The SMILES string of the molecule is Cc1cc(S(=O)(=O)N2C[C@@H]3CC(=O)N[C@@H]3C2)n(C)n1. The predicted molar refractivity (Wildman–Crippen MR) is 66.7 cm³/mol. The van der Waals surface area contributed by atoms with E-state index >= 15 is 0 Å². The van der Waals surface area contributed by atoms with Gasteiger partial charge >= 0.3 is 0 Å². The lowest BCUT2D eigenvalue weighted by Crippen LogP contribution is -2.36. The van der Waals surface area contributed by atoms with Crippen molar-refractivity contribution >= 4 is 15.9 Å². The molecule has 104 valence electrons. The summed E-state index contributed by atoms with van der Waals surface area (Å²) in [6.45, 7) is 2.51. The van der Waals surface area contributed by atoms with E-state index in [9.17, 15) is 13.2 Å². The van der Waals surface area contributed by atoms with Crippen LogP contribution in [0.2, 0.25) is 0 Å². The van der Waals surface area contributed by atoms with Crippen molar-refractivity contribution in [3.05, 3.63) is 11.8 Å². The van der Waals surface area contributed by atoms with Crippen LogP contribution in [0.3, 0.4) is 0 Å². The van der Waals surface area contributed by atoms with Gasteiger partial charge in [-0.3, -0.25) is 9.48 Å². The molecule has 8 heteroatoms. The van der Waals surface area contributed by atoms with Crippen molar-refractivity contribution in [2.24, 2.45) is 13.0 Å². The van der Waals surface area contributed by atoms with Crippen molar-refractivity contribution in [3.8, 4) is 0 Å². The summed E-state index contributed by atoms with van der Waals surface area (Å²) in [7, 11) is -1.90. The standard InChI is InChI=1S/C11H16N4O3S/c1-7-3-11(14(2)13-7)19(17,18)15-5-8-4-10(16)12-9(8)6-15/h3,8-9H,4-6H2,1-2H3,(H,12,16)/t8-,9+/m0/s1. The van der Waals surface area contributed by atoms with Crippen LogP contribution >= 0.6 is 0 Å². The molecular formula is C11H16N4O3S. The van der Waals surface area contributed by atoms with Crippen molar-refractivity contribution in [2.45, 2.75) is 24.4 Å². The van der Waals surface area contributed by atoms with Crippen LogP contribution in [0, 0.1) is 12.8 Å². The Hall–Kier alpha value is -1.41. The van der Waals surface area contributed by atoms with Gasteiger partial charge in [0.05, 0.1) is 5.69 Å². The summed E-state index contributed by atoms with van der Waals surface area (Å²) in [6, 6.07) is 1.53. The maximum Gasteiger partial charge on any atom is 0.260 e. The minimum atomic E-state index is -3.53. The predicted octanol–water partition coefficient (Wildman–Crippen LogP) is -0.762. The molecule has 2 aliphatic heterocycles. The highest BCUT2D eigenvalue weighted by atomic mass is 32.2. The van der Waals surface area contributed by atoms with E-state index in [0.717, 1.165) is 0 Å². The molecule has 19 heavy (non-hydrogen) atoms. The van der Waals surface area contributed by atoms with Crippen molar-refractivity contribution in [1.29, 1.82) is 0 Å². The molecule has 0 spiro atoms. The fraction of sp³-hybridized carbons (Fsp3) is 0.636. The highest BCUT2D eigenvalue weighted by molar-refractivity contribution is 7.89. The average Bonchev–Trinajstić information content (AvgIpc) is 2.91. The van der Waals surface area contributed by atoms with Crippen LogP contribution < -0.4 is 5.32 Å². The average molecular weight is 284 g/mol. The Morgan fingerprint density at radius 2 is 2.16 bits per heavy atom. The van der Waals surface area contributed by atoms with Crippen LogP contribution in [-0.2, 0) is 21.9 Å². The molecule has 0 unspecified atom stereocenters. The summed E-state index contributed by atoms with van der Waals surface area (Å²) in [4.78, 5) is 11.2. The van der Waals surface area contributed by atoms with E-state index in [1.54, 1.807) is 20.0 Å². The van der Waals surface area contributed by atoms with Crippen LogP contribution in [0.15, 0.2) is 11.1 Å².